The summed E-state index contributed by atoms with van der Waals surface area (Å²) in [5, 5.41) is 5.74. The SMILES string of the molecule is CC(C)C[C@H](NC(=O)CNC(=O)c1cc(Cl)ccc1Cl)B1OC[C@H](C)S[C@H](C)C(=O)O1. The number of amides is 2. The van der Waals surface area contributed by atoms with Gasteiger partial charge in [0.25, 0.3) is 5.91 Å². The molecule has 2 rings (SSSR count). The highest BCUT2D eigenvalue weighted by atomic mass is 35.5. The van der Waals surface area contributed by atoms with Gasteiger partial charge >= 0.3 is 13.1 Å². The van der Waals surface area contributed by atoms with E-state index in [1.165, 1.54) is 23.9 Å². The Balaban J connectivity index is 2.02. The predicted molar refractivity (Wildman–Crippen MR) is 124 cm³/mol. The number of carbonyl (C=O) groups excluding carboxylic acids is 3. The van der Waals surface area contributed by atoms with E-state index in [2.05, 4.69) is 10.6 Å². The number of benzene rings is 1. The molecular formula is C20H27BCl2N2O5S. The highest BCUT2D eigenvalue weighted by Crippen LogP contribution is 2.24. The van der Waals surface area contributed by atoms with Crippen LogP contribution in [0.1, 0.15) is 44.5 Å². The predicted octanol–water partition coefficient (Wildman–Crippen LogP) is 3.37. The lowest BCUT2D eigenvalue weighted by atomic mass is 9.73. The topological polar surface area (TPSA) is 93.7 Å². The van der Waals surface area contributed by atoms with Gasteiger partial charge in [-0.25, -0.2) is 0 Å². The normalized spacial score (nSPS) is 20.5. The first kappa shape index (κ1) is 25.8. The van der Waals surface area contributed by atoms with Gasteiger partial charge in [0.15, 0.2) is 0 Å². The molecule has 31 heavy (non-hydrogen) atoms. The van der Waals surface area contributed by atoms with Crippen LogP contribution in [0.25, 0.3) is 0 Å². The zero-order valence-corrected chi connectivity index (χ0v) is 20.3. The summed E-state index contributed by atoms with van der Waals surface area (Å²) >= 11 is 13.4. The highest BCUT2D eigenvalue weighted by molar-refractivity contribution is 8.01. The molecule has 2 amide bonds. The van der Waals surface area contributed by atoms with Crippen molar-refractivity contribution in [3.05, 3.63) is 33.8 Å². The molecule has 0 unspecified atom stereocenters. The number of rotatable bonds is 7. The van der Waals surface area contributed by atoms with Crippen molar-refractivity contribution < 1.29 is 23.7 Å². The molecule has 0 saturated carbocycles. The van der Waals surface area contributed by atoms with Crippen molar-refractivity contribution in [3.63, 3.8) is 0 Å². The summed E-state index contributed by atoms with van der Waals surface area (Å²) in [7, 11) is -0.900. The largest absolute Gasteiger partial charge is 0.551 e. The van der Waals surface area contributed by atoms with E-state index in [1.54, 1.807) is 13.0 Å². The Kier molecular flexibility index (Phi) is 10.00. The fourth-order valence-electron chi connectivity index (χ4n) is 3.05. The summed E-state index contributed by atoms with van der Waals surface area (Å²) in [6.45, 7) is 7.87. The second-order valence-corrected chi connectivity index (χ2v) is 10.5. The minimum Gasteiger partial charge on any atom is -0.507 e. The van der Waals surface area contributed by atoms with Gasteiger partial charge in [0.1, 0.15) is 0 Å². The van der Waals surface area contributed by atoms with E-state index >= 15 is 0 Å². The minimum absolute atomic E-state index is 0.113. The Morgan fingerprint density at radius 2 is 2.00 bits per heavy atom. The molecule has 1 aromatic rings. The zero-order valence-electron chi connectivity index (χ0n) is 17.9. The van der Waals surface area contributed by atoms with Crippen LogP contribution in [0.5, 0.6) is 0 Å². The van der Waals surface area contributed by atoms with Crippen LogP contribution in [0.4, 0.5) is 0 Å². The molecule has 170 valence electrons. The van der Waals surface area contributed by atoms with E-state index in [1.807, 2.05) is 20.8 Å². The lowest BCUT2D eigenvalue weighted by Crippen LogP contribution is -2.54. The second kappa shape index (κ2) is 12.0. The van der Waals surface area contributed by atoms with Gasteiger partial charge < -0.3 is 19.9 Å². The molecular weight excluding hydrogens is 462 g/mol. The van der Waals surface area contributed by atoms with Crippen LogP contribution in [0.15, 0.2) is 18.2 Å². The third kappa shape index (κ3) is 8.22. The third-order valence-corrected chi connectivity index (χ3v) is 6.24. The van der Waals surface area contributed by atoms with Crippen LogP contribution in [0.3, 0.4) is 0 Å². The molecule has 7 nitrogen and oxygen atoms in total. The summed E-state index contributed by atoms with van der Waals surface area (Å²) in [6, 6.07) is 4.51. The molecule has 0 aliphatic carbocycles. The number of halogens is 2. The van der Waals surface area contributed by atoms with Crippen LogP contribution in [0.2, 0.25) is 10.0 Å². The van der Waals surface area contributed by atoms with Gasteiger partial charge in [-0.3, -0.25) is 14.4 Å². The van der Waals surface area contributed by atoms with Gasteiger partial charge in [0, 0.05) is 16.9 Å². The Hall–Kier alpha value is -1.42. The van der Waals surface area contributed by atoms with Crippen molar-refractivity contribution in [2.75, 3.05) is 13.2 Å². The van der Waals surface area contributed by atoms with E-state index in [0.717, 1.165) is 0 Å². The van der Waals surface area contributed by atoms with E-state index < -0.39 is 24.9 Å². The van der Waals surface area contributed by atoms with Gasteiger partial charge in [0.05, 0.1) is 28.3 Å². The molecule has 0 spiro atoms. The van der Waals surface area contributed by atoms with Crippen molar-refractivity contribution in [1.82, 2.24) is 10.6 Å². The number of hydrogen-bond acceptors (Lipinski definition) is 6. The van der Waals surface area contributed by atoms with Crippen LogP contribution < -0.4 is 10.6 Å². The van der Waals surface area contributed by atoms with Gasteiger partial charge in [-0.2, -0.15) is 0 Å². The molecule has 1 saturated heterocycles. The standard InChI is InChI=1S/C20H27BCl2N2O5S/c1-11(2)7-17(21-29-10-12(3)31-13(4)20(28)30-21)25-18(26)9-24-19(27)15-8-14(22)5-6-16(15)23/h5-6,8,11-13,17H,7,9-10H2,1-4H3,(H,24,27)(H,25,26)/t12-,13+,17-/m0/s1. The first-order valence-corrected chi connectivity index (χ1v) is 11.8. The summed E-state index contributed by atoms with van der Waals surface area (Å²) in [5.41, 5.74) is 0.179. The summed E-state index contributed by atoms with van der Waals surface area (Å²) in [5.74, 6) is -1.67. The molecule has 0 aromatic heterocycles. The van der Waals surface area contributed by atoms with E-state index in [-0.39, 0.29) is 39.5 Å². The Labute approximate surface area is 197 Å². The van der Waals surface area contributed by atoms with E-state index in [9.17, 15) is 14.4 Å². The van der Waals surface area contributed by atoms with Crippen molar-refractivity contribution in [1.29, 1.82) is 0 Å². The summed E-state index contributed by atoms with van der Waals surface area (Å²) in [4.78, 5) is 37.2. The fourth-order valence-corrected chi connectivity index (χ4v) is 4.44. The van der Waals surface area contributed by atoms with Crippen LogP contribution in [-0.2, 0) is 18.9 Å². The molecule has 0 radical (unpaired) electrons. The average molecular weight is 489 g/mol. The maximum absolute atomic E-state index is 12.5. The number of nitrogens with one attached hydrogen (secondary N) is 2. The monoisotopic (exact) mass is 488 g/mol. The van der Waals surface area contributed by atoms with Crippen LogP contribution in [0, 0.1) is 5.92 Å². The van der Waals surface area contributed by atoms with Crippen molar-refractivity contribution in [2.45, 2.75) is 50.6 Å². The molecule has 1 aliphatic heterocycles. The molecule has 11 heteroatoms. The maximum Gasteiger partial charge on any atom is 0.551 e. The van der Waals surface area contributed by atoms with Crippen molar-refractivity contribution in [2.24, 2.45) is 5.92 Å². The fraction of sp³-hybridized carbons (Fsp3) is 0.550. The molecule has 1 heterocycles. The first-order valence-electron chi connectivity index (χ1n) is 10.1. The van der Waals surface area contributed by atoms with Gasteiger partial charge in [-0.1, -0.05) is 44.0 Å². The van der Waals surface area contributed by atoms with Crippen molar-refractivity contribution in [3.8, 4) is 0 Å². The molecule has 1 fully saturated rings. The third-order valence-electron chi connectivity index (χ3n) is 4.48. The summed E-state index contributed by atoms with van der Waals surface area (Å²) < 4.78 is 11.3. The maximum atomic E-state index is 12.5. The van der Waals surface area contributed by atoms with Gasteiger partial charge in [0.2, 0.25) is 5.91 Å². The number of thioether (sulfide) groups is 1. The van der Waals surface area contributed by atoms with E-state index in [0.29, 0.717) is 18.1 Å². The van der Waals surface area contributed by atoms with Crippen LogP contribution in [-0.4, -0.2) is 54.5 Å². The smallest absolute Gasteiger partial charge is 0.507 e. The summed E-state index contributed by atoms with van der Waals surface area (Å²) in [6.07, 6.45) is 0.535. The number of carbonyl (C=O) groups is 3. The Bertz CT molecular complexity index is 814. The van der Waals surface area contributed by atoms with E-state index in [4.69, 9.17) is 32.5 Å². The van der Waals surface area contributed by atoms with Crippen molar-refractivity contribution >= 4 is 59.9 Å². The minimum atomic E-state index is -0.900. The molecule has 0 bridgehead atoms. The first-order chi connectivity index (χ1) is 14.6. The second-order valence-electron chi connectivity index (χ2n) is 7.84. The average Bonchev–Trinajstić information content (AvgIpc) is 2.69. The quantitative estimate of drug-likeness (QED) is 0.571. The Morgan fingerprint density at radius 3 is 2.68 bits per heavy atom. The Morgan fingerprint density at radius 1 is 1.29 bits per heavy atom. The van der Waals surface area contributed by atoms with Crippen LogP contribution >= 0.6 is 35.0 Å². The lowest BCUT2D eigenvalue weighted by Gasteiger charge is -2.30. The highest BCUT2D eigenvalue weighted by Gasteiger charge is 2.39. The lowest BCUT2D eigenvalue weighted by molar-refractivity contribution is -0.135. The molecule has 1 aromatic carbocycles. The van der Waals surface area contributed by atoms with Gasteiger partial charge in [-0.15, -0.1) is 11.8 Å². The van der Waals surface area contributed by atoms with Gasteiger partial charge in [-0.05, 0) is 37.5 Å². The molecule has 2 N–H and O–H groups in total. The molecule has 1 aliphatic rings. The molecule has 3 atom stereocenters. The zero-order chi connectivity index (χ0) is 23.1. The number of hydrogen-bond donors (Lipinski definition) is 2.